The van der Waals surface area contributed by atoms with Gasteiger partial charge in [0.1, 0.15) is 23.4 Å². The van der Waals surface area contributed by atoms with E-state index in [0.29, 0.717) is 19.7 Å². The van der Waals surface area contributed by atoms with Crippen molar-refractivity contribution in [2.24, 2.45) is 0 Å². The first-order valence-corrected chi connectivity index (χ1v) is 16.7. The number of nitrogens with zero attached hydrogens (tertiary/aromatic N) is 2. The third-order valence-electron chi connectivity index (χ3n) is 8.73. The van der Waals surface area contributed by atoms with Crippen molar-refractivity contribution >= 4 is 39.3 Å². The van der Waals surface area contributed by atoms with Crippen molar-refractivity contribution in [2.75, 3.05) is 51.1 Å². The molecule has 0 aliphatic carbocycles. The van der Waals surface area contributed by atoms with E-state index in [1.54, 1.807) is 14.2 Å². The van der Waals surface area contributed by atoms with Crippen LogP contribution >= 0.6 is 0 Å². The van der Waals surface area contributed by atoms with Crippen LogP contribution in [0, 0.1) is 0 Å². The average Bonchev–Trinajstić information content (AvgIpc) is 3.58. The fourth-order valence-corrected chi connectivity index (χ4v) is 6.07. The van der Waals surface area contributed by atoms with Gasteiger partial charge in [-0.3, -0.25) is 0 Å². The summed E-state index contributed by atoms with van der Waals surface area (Å²) in [7, 11) is 3.33. The molecule has 6 aromatic rings. The lowest BCUT2D eigenvalue weighted by Crippen LogP contribution is -2.23. The number of carbonyl (C=O) groups is 1. The molecule has 9 rings (SSSR count). The summed E-state index contributed by atoms with van der Waals surface area (Å²) in [6.45, 7) is 4.63. The maximum Gasteiger partial charge on any atom is 0.407 e. The lowest BCUT2D eigenvalue weighted by molar-refractivity contribution is 0.145. The summed E-state index contributed by atoms with van der Waals surface area (Å²) in [5.74, 6) is 2.46. The van der Waals surface area contributed by atoms with Crippen LogP contribution in [0.4, 0.5) is 16.2 Å². The van der Waals surface area contributed by atoms with Crippen molar-refractivity contribution in [3.63, 3.8) is 0 Å². The normalized spacial score (nSPS) is 14.5. The summed E-state index contributed by atoms with van der Waals surface area (Å²) in [4.78, 5) is 20.9. The van der Waals surface area contributed by atoms with E-state index in [1.807, 2.05) is 66.7 Å². The van der Waals surface area contributed by atoms with Crippen LogP contribution < -0.4 is 30.2 Å². The third kappa shape index (κ3) is 7.19. The van der Waals surface area contributed by atoms with E-state index in [1.165, 1.54) is 5.56 Å². The number of nitrogens with one attached hydrogen (secondary N) is 3. The Hall–Kier alpha value is -6.03. The van der Waals surface area contributed by atoms with Gasteiger partial charge in [-0.1, -0.05) is 24.3 Å². The summed E-state index contributed by atoms with van der Waals surface area (Å²) in [5.41, 5.74) is 9.01. The Morgan fingerprint density at radius 2 is 1.38 bits per heavy atom. The fourth-order valence-electron chi connectivity index (χ4n) is 6.07. The predicted molar refractivity (Wildman–Crippen MR) is 198 cm³/mol. The number of carbonyl (C=O) groups excluding carboxylic acids is 1. The molecule has 50 heavy (non-hydrogen) atoms. The quantitative estimate of drug-likeness (QED) is 0.150. The van der Waals surface area contributed by atoms with Crippen LogP contribution in [0.25, 0.3) is 44.3 Å². The van der Waals surface area contributed by atoms with Gasteiger partial charge in [0.05, 0.1) is 56.3 Å². The number of cyclic esters (lactones) is 1. The number of hydrogen-bond acceptors (Lipinski definition) is 9. The largest absolute Gasteiger partial charge is 0.497 e. The van der Waals surface area contributed by atoms with Gasteiger partial charge in [-0.2, -0.15) is 0 Å². The standard InChI is InChI=1S/C21H19N3O3.C19H20N2O2/c25-21-23-12-16(27-21)11-22-19-10-18-14-3-1-13(2-4-14)7-8-26-15-5-6-17(19)20(9-15)24-18;1-4-20-18-12-17(13-5-7-14(22-2)8-6-13)21-19-11-15(23-3)9-10-16(18)19/h1-6,9-10,16H,7-8,11-12H2,(H,22,24)(H,23,25);5-12H,4H2,1-3H3,(H,20,21). The Balaban J connectivity index is 0.000000159. The Morgan fingerprint density at radius 1 is 0.760 bits per heavy atom. The van der Waals surface area contributed by atoms with E-state index in [0.717, 1.165) is 85.9 Å². The fraction of sp³-hybridized carbons (Fsp3) is 0.225. The summed E-state index contributed by atoms with van der Waals surface area (Å²) in [6, 6.07) is 32.4. The summed E-state index contributed by atoms with van der Waals surface area (Å²) in [5, 5.41) is 11.6. The maximum atomic E-state index is 11.2. The van der Waals surface area contributed by atoms with Crippen molar-refractivity contribution in [3.05, 3.63) is 103 Å². The van der Waals surface area contributed by atoms with E-state index < -0.39 is 0 Å². The van der Waals surface area contributed by atoms with Crippen LogP contribution in [0.2, 0.25) is 0 Å². The van der Waals surface area contributed by atoms with Crippen LogP contribution in [0.15, 0.2) is 97.1 Å². The van der Waals surface area contributed by atoms with E-state index >= 15 is 0 Å². The summed E-state index contributed by atoms with van der Waals surface area (Å²) in [6.07, 6.45) is 0.329. The minimum absolute atomic E-state index is 0.184. The highest BCUT2D eigenvalue weighted by atomic mass is 16.6. The van der Waals surface area contributed by atoms with Gasteiger partial charge in [0, 0.05) is 58.4 Å². The first-order chi connectivity index (χ1) is 24.5. The smallest absolute Gasteiger partial charge is 0.407 e. The molecule has 1 fully saturated rings. The zero-order valence-electron chi connectivity index (χ0n) is 28.3. The first kappa shape index (κ1) is 32.5. The van der Waals surface area contributed by atoms with Crippen molar-refractivity contribution < 1.29 is 23.7 Å². The number of rotatable bonds is 8. The topological polar surface area (TPSA) is 116 Å². The molecular formula is C40H39N5O5. The van der Waals surface area contributed by atoms with Crippen molar-refractivity contribution in [2.45, 2.75) is 19.4 Å². The van der Waals surface area contributed by atoms with Gasteiger partial charge in [-0.25, -0.2) is 14.8 Å². The minimum Gasteiger partial charge on any atom is -0.497 e. The molecule has 3 N–H and O–H groups in total. The Labute approximate surface area is 290 Å². The number of fused-ring (bicyclic) bond motifs is 5. The molecule has 1 amide bonds. The molecule has 5 bridgehead atoms. The number of aromatic nitrogens is 2. The van der Waals surface area contributed by atoms with Crippen LogP contribution in [-0.2, 0) is 11.2 Å². The van der Waals surface area contributed by atoms with Gasteiger partial charge < -0.3 is 34.9 Å². The van der Waals surface area contributed by atoms with Gasteiger partial charge in [0.15, 0.2) is 0 Å². The van der Waals surface area contributed by atoms with E-state index in [4.69, 9.17) is 28.9 Å². The highest BCUT2D eigenvalue weighted by Crippen LogP contribution is 2.33. The maximum absolute atomic E-state index is 11.2. The Morgan fingerprint density at radius 3 is 2.02 bits per heavy atom. The number of amides is 1. The molecule has 4 aromatic carbocycles. The second-order valence-corrected chi connectivity index (χ2v) is 12.0. The molecule has 5 heterocycles. The van der Waals surface area contributed by atoms with Crippen molar-refractivity contribution in [1.82, 2.24) is 15.3 Å². The highest BCUT2D eigenvalue weighted by molar-refractivity contribution is 5.95. The number of benzene rings is 4. The first-order valence-electron chi connectivity index (χ1n) is 16.7. The second-order valence-electron chi connectivity index (χ2n) is 12.0. The molecule has 3 aliphatic rings. The van der Waals surface area contributed by atoms with E-state index in [2.05, 4.69) is 53.2 Å². The van der Waals surface area contributed by atoms with Gasteiger partial charge >= 0.3 is 6.09 Å². The van der Waals surface area contributed by atoms with E-state index in [-0.39, 0.29) is 12.2 Å². The number of pyridine rings is 2. The van der Waals surface area contributed by atoms with Crippen LogP contribution in [0.5, 0.6) is 17.2 Å². The third-order valence-corrected chi connectivity index (χ3v) is 8.73. The Kier molecular flexibility index (Phi) is 9.50. The van der Waals surface area contributed by atoms with Gasteiger partial charge in [0.25, 0.3) is 0 Å². The number of ether oxygens (including phenoxy) is 4. The average molecular weight is 670 g/mol. The molecule has 0 spiro atoms. The van der Waals surface area contributed by atoms with Crippen molar-refractivity contribution in [3.8, 4) is 39.8 Å². The van der Waals surface area contributed by atoms with Crippen LogP contribution in [0.3, 0.4) is 0 Å². The lowest BCUT2D eigenvalue weighted by atomic mass is 10.0. The number of methoxy groups -OCH3 is 2. The van der Waals surface area contributed by atoms with Crippen LogP contribution in [0.1, 0.15) is 12.5 Å². The Bertz CT molecular complexity index is 2140. The molecule has 1 atom stereocenters. The van der Waals surface area contributed by atoms with Crippen molar-refractivity contribution in [1.29, 1.82) is 0 Å². The molecule has 254 valence electrons. The van der Waals surface area contributed by atoms with Crippen LogP contribution in [-0.4, -0.2) is 62.6 Å². The monoisotopic (exact) mass is 669 g/mol. The zero-order valence-corrected chi connectivity index (χ0v) is 28.3. The predicted octanol–water partition coefficient (Wildman–Crippen LogP) is 7.71. The highest BCUT2D eigenvalue weighted by Gasteiger charge is 2.22. The molecule has 0 saturated carbocycles. The van der Waals surface area contributed by atoms with Gasteiger partial charge in [-0.05, 0) is 73.2 Å². The molecule has 3 aliphatic heterocycles. The molecule has 1 unspecified atom stereocenters. The zero-order chi connectivity index (χ0) is 34.5. The molecular weight excluding hydrogens is 630 g/mol. The number of hydrogen-bond donors (Lipinski definition) is 3. The SMILES string of the molecule is CCNc1cc(-c2ccc(OC)cc2)nc2cc(OC)ccc12.O=C1NCC(CNc2cc3nc4cc(ccc24)OCCc2ccc-3cc2)O1. The van der Waals surface area contributed by atoms with Gasteiger partial charge in [0.2, 0.25) is 0 Å². The minimum atomic E-state index is -0.363. The molecule has 10 heteroatoms. The number of anilines is 2. The molecule has 10 nitrogen and oxygen atoms in total. The molecule has 1 saturated heterocycles. The second kappa shape index (κ2) is 14.6. The summed E-state index contributed by atoms with van der Waals surface area (Å²) < 4.78 is 21.7. The molecule has 2 aromatic heterocycles. The molecule has 0 radical (unpaired) electrons. The number of alkyl carbamates (subject to hydrolysis) is 1. The summed E-state index contributed by atoms with van der Waals surface area (Å²) >= 11 is 0. The lowest BCUT2D eigenvalue weighted by Gasteiger charge is -2.16. The van der Waals surface area contributed by atoms with E-state index in [9.17, 15) is 4.79 Å². The van der Waals surface area contributed by atoms with Gasteiger partial charge in [-0.15, -0.1) is 0 Å².